The number of anilines is 1. The number of benzene rings is 1. The third-order valence-electron chi connectivity index (χ3n) is 1.85. The van der Waals surface area contributed by atoms with Crippen molar-refractivity contribution >= 4 is 27.5 Å². The molecule has 0 spiro atoms. The Kier molecular flexibility index (Phi) is 6.72. The molecule has 6 nitrogen and oxygen atoms in total. The summed E-state index contributed by atoms with van der Waals surface area (Å²) < 4.78 is 30.2. The summed E-state index contributed by atoms with van der Waals surface area (Å²) in [6.45, 7) is 1.29. The van der Waals surface area contributed by atoms with E-state index in [1.807, 2.05) is 0 Å². The van der Waals surface area contributed by atoms with E-state index in [9.17, 15) is 18.0 Å². The summed E-state index contributed by atoms with van der Waals surface area (Å²) in [7, 11) is -4.23. The van der Waals surface area contributed by atoms with Gasteiger partial charge in [-0.2, -0.15) is 8.42 Å². The maximum Gasteiger partial charge on any atom is 1.00 e. The minimum absolute atomic E-state index is 0. The van der Waals surface area contributed by atoms with Gasteiger partial charge >= 0.3 is 29.6 Å². The van der Waals surface area contributed by atoms with E-state index in [-0.39, 0.29) is 48.1 Å². The van der Waals surface area contributed by atoms with Crippen molar-refractivity contribution in [2.75, 3.05) is 5.32 Å². The molecule has 0 atom stereocenters. The quantitative estimate of drug-likeness (QED) is 0.376. The molecule has 94 valence electrons. The van der Waals surface area contributed by atoms with Gasteiger partial charge in [0.2, 0.25) is 5.91 Å². The van der Waals surface area contributed by atoms with Gasteiger partial charge in [-0.15, -0.1) is 0 Å². The number of hydrogen-bond donors (Lipinski definition) is 2. The van der Waals surface area contributed by atoms with Gasteiger partial charge in [0.15, 0.2) is 0 Å². The number of amides is 1. The molecule has 0 aromatic heterocycles. The first-order chi connectivity index (χ1) is 7.79. The van der Waals surface area contributed by atoms with Gasteiger partial charge < -0.3 is 6.74 Å². The standard InChI is InChI=1S/C10H11NO5S.Na.H/c1-7(12)6-10(13)11-8-2-4-9(5-3-8)17(14,15)16;;/h2-5H,6H2,1H3,(H,11,13)(H,14,15,16);;/q;+1;-1. The van der Waals surface area contributed by atoms with E-state index < -0.39 is 16.0 Å². The average molecular weight is 281 g/mol. The molecule has 8 heteroatoms. The van der Waals surface area contributed by atoms with Crippen LogP contribution in [0.2, 0.25) is 0 Å². The van der Waals surface area contributed by atoms with Crippen LogP contribution in [0, 0.1) is 0 Å². The number of Topliss-reactive ketones (excluding diaryl/α,β-unsaturated/α-hetero) is 1. The van der Waals surface area contributed by atoms with Gasteiger partial charge in [-0.25, -0.2) is 0 Å². The molecule has 18 heavy (non-hydrogen) atoms. The zero-order valence-electron chi connectivity index (χ0n) is 11.0. The Balaban J connectivity index is 0. The molecule has 2 N–H and O–H groups in total. The maximum absolute atomic E-state index is 11.2. The second-order valence-corrected chi connectivity index (χ2v) is 4.85. The van der Waals surface area contributed by atoms with Crippen molar-refractivity contribution in [3.63, 3.8) is 0 Å². The first-order valence-electron chi connectivity index (χ1n) is 4.66. The molecule has 1 rings (SSSR count). The van der Waals surface area contributed by atoms with Gasteiger partial charge in [0.05, 0.1) is 11.3 Å². The van der Waals surface area contributed by atoms with Crippen molar-refractivity contribution in [3.8, 4) is 0 Å². The van der Waals surface area contributed by atoms with E-state index in [1.54, 1.807) is 0 Å². The smallest absolute Gasteiger partial charge is 1.00 e. The summed E-state index contributed by atoms with van der Waals surface area (Å²) in [6, 6.07) is 4.94. The van der Waals surface area contributed by atoms with Crippen molar-refractivity contribution in [1.29, 1.82) is 0 Å². The fourth-order valence-electron chi connectivity index (χ4n) is 1.14. The zero-order chi connectivity index (χ0) is 13.1. The summed E-state index contributed by atoms with van der Waals surface area (Å²) in [5.74, 6) is -0.742. The number of carbonyl (C=O) groups excluding carboxylic acids is 2. The van der Waals surface area contributed by atoms with Crippen LogP contribution in [0.3, 0.4) is 0 Å². The molecule has 0 aliphatic heterocycles. The number of ketones is 1. The van der Waals surface area contributed by atoms with E-state index in [4.69, 9.17) is 4.55 Å². The molecule has 0 bridgehead atoms. The molecule has 1 aromatic rings. The van der Waals surface area contributed by atoms with Crippen LogP contribution in [0.15, 0.2) is 29.2 Å². The topological polar surface area (TPSA) is 101 Å². The Hall–Kier alpha value is -0.730. The summed E-state index contributed by atoms with van der Waals surface area (Å²) in [4.78, 5) is 21.6. The van der Waals surface area contributed by atoms with Crippen molar-refractivity contribution < 1.29 is 53.5 Å². The normalized spacial score (nSPS) is 10.3. The number of nitrogens with one attached hydrogen (secondary N) is 1. The number of carbonyl (C=O) groups is 2. The van der Waals surface area contributed by atoms with Crippen LogP contribution < -0.4 is 34.9 Å². The molecule has 0 aliphatic carbocycles. The van der Waals surface area contributed by atoms with Gasteiger partial charge in [0, 0.05) is 5.69 Å². The fourth-order valence-corrected chi connectivity index (χ4v) is 1.62. The van der Waals surface area contributed by atoms with Crippen LogP contribution in [-0.2, 0) is 19.7 Å². The van der Waals surface area contributed by atoms with Gasteiger partial charge in [-0.3, -0.25) is 14.1 Å². The summed E-state index contributed by atoms with van der Waals surface area (Å²) >= 11 is 0. The van der Waals surface area contributed by atoms with Crippen LogP contribution in [0.4, 0.5) is 5.69 Å². The van der Waals surface area contributed by atoms with Crippen molar-refractivity contribution in [3.05, 3.63) is 24.3 Å². The Morgan fingerprint density at radius 1 is 1.28 bits per heavy atom. The fraction of sp³-hybridized carbons (Fsp3) is 0.200. The largest absolute Gasteiger partial charge is 1.00 e. The second kappa shape index (κ2) is 7.01. The molecule has 0 unspecified atom stereocenters. The van der Waals surface area contributed by atoms with Gasteiger partial charge in [-0.05, 0) is 31.2 Å². The minimum atomic E-state index is -4.23. The Morgan fingerprint density at radius 3 is 2.17 bits per heavy atom. The van der Waals surface area contributed by atoms with E-state index in [0.717, 1.165) is 12.1 Å². The Labute approximate surface area is 128 Å². The van der Waals surface area contributed by atoms with Crippen molar-refractivity contribution in [2.45, 2.75) is 18.2 Å². The van der Waals surface area contributed by atoms with Gasteiger partial charge in [0.25, 0.3) is 10.1 Å². The first-order valence-corrected chi connectivity index (χ1v) is 6.10. The summed E-state index contributed by atoms with van der Waals surface area (Å²) in [5, 5.41) is 2.42. The molecular weight excluding hydrogens is 269 g/mol. The third-order valence-corrected chi connectivity index (χ3v) is 2.71. The third kappa shape index (κ3) is 5.74. The molecule has 0 fully saturated rings. The van der Waals surface area contributed by atoms with Crippen LogP contribution in [0.25, 0.3) is 0 Å². The minimum Gasteiger partial charge on any atom is -1.00 e. The van der Waals surface area contributed by atoms with Crippen LogP contribution in [-0.4, -0.2) is 24.7 Å². The molecule has 0 aliphatic rings. The van der Waals surface area contributed by atoms with Crippen LogP contribution in [0.5, 0.6) is 0 Å². The van der Waals surface area contributed by atoms with E-state index in [2.05, 4.69) is 5.32 Å². The van der Waals surface area contributed by atoms with Crippen molar-refractivity contribution in [1.82, 2.24) is 0 Å². The van der Waals surface area contributed by atoms with E-state index >= 15 is 0 Å². The second-order valence-electron chi connectivity index (χ2n) is 3.43. The number of rotatable bonds is 4. The first kappa shape index (κ1) is 17.3. The number of hydrogen-bond acceptors (Lipinski definition) is 4. The SMILES string of the molecule is CC(=O)CC(=O)Nc1ccc(S(=O)(=O)O)cc1.[H-].[Na+]. The molecular formula is C10H12NNaO5S. The molecule has 0 saturated carbocycles. The monoisotopic (exact) mass is 281 g/mol. The van der Waals surface area contributed by atoms with Gasteiger partial charge in [-0.1, -0.05) is 0 Å². The Bertz CT molecular complexity index is 544. The summed E-state index contributed by atoms with van der Waals surface area (Å²) in [6.07, 6.45) is -0.236. The molecule has 1 amide bonds. The molecule has 0 saturated heterocycles. The molecule has 1 aromatic carbocycles. The molecule has 0 radical (unpaired) electrons. The summed E-state index contributed by atoms with van der Waals surface area (Å²) in [5.41, 5.74) is 0.351. The van der Waals surface area contributed by atoms with Crippen LogP contribution in [0.1, 0.15) is 14.8 Å². The van der Waals surface area contributed by atoms with Crippen molar-refractivity contribution in [2.24, 2.45) is 0 Å². The van der Waals surface area contributed by atoms with E-state index in [0.29, 0.717) is 5.69 Å². The van der Waals surface area contributed by atoms with Gasteiger partial charge in [0.1, 0.15) is 5.78 Å². The maximum atomic E-state index is 11.2. The predicted molar refractivity (Wildman–Crippen MR) is 61.3 cm³/mol. The zero-order valence-corrected chi connectivity index (χ0v) is 12.8. The van der Waals surface area contributed by atoms with Crippen LogP contribution >= 0.6 is 0 Å². The molecule has 0 heterocycles. The average Bonchev–Trinajstić information content (AvgIpc) is 2.15. The van der Waals surface area contributed by atoms with E-state index in [1.165, 1.54) is 19.1 Å². The Morgan fingerprint density at radius 2 is 1.78 bits per heavy atom. The predicted octanol–water partition coefficient (Wildman–Crippen LogP) is -2.03.